The number of carbonyl (C=O) groups excluding carboxylic acids is 2. The number of thiophene rings is 1. The number of rotatable bonds is 5. The molecule has 0 atom stereocenters. The van der Waals surface area contributed by atoms with Crippen molar-refractivity contribution in [3.05, 3.63) is 52.3 Å². The molecule has 7 nitrogen and oxygen atoms in total. The van der Waals surface area contributed by atoms with E-state index < -0.39 is 17.9 Å². The van der Waals surface area contributed by atoms with Crippen LogP contribution in [0.2, 0.25) is 0 Å². The first-order chi connectivity index (χ1) is 12.2. The van der Waals surface area contributed by atoms with E-state index in [-0.39, 0.29) is 0 Å². The lowest BCUT2D eigenvalue weighted by atomic mass is 10.0. The highest BCUT2D eigenvalue weighted by atomic mass is 32.1. The topological polar surface area (TPSA) is 82.8 Å². The van der Waals surface area contributed by atoms with Crippen LogP contribution < -0.4 is 0 Å². The maximum atomic E-state index is 12.2. The van der Waals surface area contributed by atoms with E-state index in [1.54, 1.807) is 24.4 Å². The molecular weight excluding hydrogens is 342 g/mol. The molecule has 3 rings (SSSR count). The molecule has 0 saturated heterocycles. The SMILES string of the molecule is COC(=O)C(C(=O)OC)c1c2ccccc2nn1N=Cc1cccs1. The van der Waals surface area contributed by atoms with Gasteiger partial charge in [0.1, 0.15) is 0 Å². The van der Waals surface area contributed by atoms with Crippen molar-refractivity contribution in [2.75, 3.05) is 14.2 Å². The number of hydrogen-bond donors (Lipinski definition) is 0. The van der Waals surface area contributed by atoms with Gasteiger partial charge in [-0.25, -0.2) is 0 Å². The fourth-order valence-corrected chi connectivity index (χ4v) is 3.01. The molecule has 8 heteroatoms. The Bertz CT molecular complexity index is 915. The van der Waals surface area contributed by atoms with E-state index >= 15 is 0 Å². The maximum absolute atomic E-state index is 12.2. The average molecular weight is 357 g/mol. The first-order valence-electron chi connectivity index (χ1n) is 7.37. The molecule has 1 aromatic carbocycles. The van der Waals surface area contributed by atoms with Gasteiger partial charge in [0, 0.05) is 10.3 Å². The zero-order valence-corrected chi connectivity index (χ0v) is 14.4. The molecule has 0 bridgehead atoms. The van der Waals surface area contributed by atoms with Gasteiger partial charge >= 0.3 is 11.9 Å². The molecule has 0 saturated carbocycles. The Morgan fingerprint density at radius 2 is 1.88 bits per heavy atom. The summed E-state index contributed by atoms with van der Waals surface area (Å²) in [6.45, 7) is 0. The van der Waals surface area contributed by atoms with Crippen LogP contribution in [0.1, 0.15) is 16.5 Å². The van der Waals surface area contributed by atoms with Crippen LogP contribution in [0.3, 0.4) is 0 Å². The zero-order chi connectivity index (χ0) is 17.8. The zero-order valence-electron chi connectivity index (χ0n) is 13.6. The Hall–Kier alpha value is -3.00. The highest BCUT2D eigenvalue weighted by molar-refractivity contribution is 7.11. The van der Waals surface area contributed by atoms with Gasteiger partial charge in [-0.1, -0.05) is 24.3 Å². The Morgan fingerprint density at radius 3 is 2.52 bits per heavy atom. The van der Waals surface area contributed by atoms with Crippen molar-refractivity contribution in [1.82, 2.24) is 9.89 Å². The van der Waals surface area contributed by atoms with Crippen LogP contribution in [0, 0.1) is 0 Å². The van der Waals surface area contributed by atoms with E-state index in [0.717, 1.165) is 4.88 Å². The third-order valence-corrected chi connectivity index (χ3v) is 4.39. The van der Waals surface area contributed by atoms with Crippen LogP contribution in [0.15, 0.2) is 46.9 Å². The van der Waals surface area contributed by atoms with Gasteiger partial charge in [0.2, 0.25) is 0 Å². The first-order valence-corrected chi connectivity index (χ1v) is 8.25. The van der Waals surface area contributed by atoms with Gasteiger partial charge in [0.15, 0.2) is 5.92 Å². The van der Waals surface area contributed by atoms with Crippen molar-refractivity contribution in [3.63, 3.8) is 0 Å². The van der Waals surface area contributed by atoms with Gasteiger partial charge < -0.3 is 9.47 Å². The standard InChI is InChI=1S/C17H15N3O4S/c1-23-16(21)14(17(22)24-2)15-12-7-3-4-8-13(12)19-20(15)18-10-11-6-5-9-25-11/h3-10,14H,1-2H3. The van der Waals surface area contributed by atoms with Crippen LogP contribution in [-0.4, -0.2) is 42.3 Å². The maximum Gasteiger partial charge on any atom is 0.326 e. The molecule has 0 radical (unpaired) electrons. The van der Waals surface area contributed by atoms with Gasteiger partial charge in [0.05, 0.1) is 31.6 Å². The molecule has 25 heavy (non-hydrogen) atoms. The lowest BCUT2D eigenvalue weighted by molar-refractivity contribution is -0.154. The number of nitrogens with zero attached hydrogens (tertiary/aromatic N) is 3. The summed E-state index contributed by atoms with van der Waals surface area (Å²) in [5.74, 6) is -2.74. The van der Waals surface area contributed by atoms with Crippen molar-refractivity contribution in [1.29, 1.82) is 0 Å². The van der Waals surface area contributed by atoms with E-state index in [0.29, 0.717) is 16.6 Å². The third-order valence-electron chi connectivity index (χ3n) is 3.58. The highest BCUT2D eigenvalue weighted by Gasteiger charge is 2.36. The van der Waals surface area contributed by atoms with E-state index in [4.69, 9.17) is 9.47 Å². The summed E-state index contributed by atoms with van der Waals surface area (Å²) in [7, 11) is 2.44. The van der Waals surface area contributed by atoms with E-state index in [9.17, 15) is 9.59 Å². The molecule has 0 aliphatic carbocycles. The summed E-state index contributed by atoms with van der Waals surface area (Å²) in [4.78, 5) is 26.6. The van der Waals surface area contributed by atoms with Gasteiger partial charge in [-0.15, -0.1) is 11.3 Å². The van der Waals surface area contributed by atoms with Gasteiger partial charge in [-0.05, 0) is 17.5 Å². The minimum atomic E-state index is -1.28. The highest BCUT2D eigenvalue weighted by Crippen LogP contribution is 2.28. The van der Waals surface area contributed by atoms with Crippen LogP contribution >= 0.6 is 11.3 Å². The molecular formula is C17H15N3O4S. The largest absolute Gasteiger partial charge is 0.468 e. The molecule has 2 aromatic heterocycles. The molecule has 0 spiro atoms. The second kappa shape index (κ2) is 7.27. The summed E-state index contributed by atoms with van der Waals surface area (Å²) in [6, 6.07) is 11.0. The normalized spacial score (nSPS) is 11.3. The van der Waals surface area contributed by atoms with Crippen LogP contribution in [0.5, 0.6) is 0 Å². The van der Waals surface area contributed by atoms with Gasteiger partial charge in [-0.2, -0.15) is 15.0 Å². The lowest BCUT2D eigenvalue weighted by Gasteiger charge is -2.12. The first kappa shape index (κ1) is 16.8. The fraction of sp³-hybridized carbons (Fsp3) is 0.176. The average Bonchev–Trinajstić information content (AvgIpc) is 3.27. The van der Waals surface area contributed by atoms with Crippen molar-refractivity contribution < 1.29 is 19.1 Å². The Kier molecular flexibility index (Phi) is 4.90. The monoisotopic (exact) mass is 357 g/mol. The van der Waals surface area contributed by atoms with E-state index in [1.165, 1.54) is 30.3 Å². The van der Waals surface area contributed by atoms with Crippen LogP contribution in [0.25, 0.3) is 10.9 Å². The van der Waals surface area contributed by atoms with Crippen molar-refractivity contribution in [2.45, 2.75) is 5.92 Å². The molecule has 0 N–H and O–H groups in total. The number of fused-ring (bicyclic) bond motifs is 1. The second-order valence-corrected chi connectivity index (χ2v) is 6.01. The number of benzene rings is 1. The smallest absolute Gasteiger partial charge is 0.326 e. The molecule has 0 unspecified atom stereocenters. The summed E-state index contributed by atoms with van der Waals surface area (Å²) < 4.78 is 9.57. The third kappa shape index (κ3) is 3.29. The summed E-state index contributed by atoms with van der Waals surface area (Å²) in [5.41, 5.74) is 0.917. The quantitative estimate of drug-likeness (QED) is 0.398. The molecule has 128 valence electrons. The number of aromatic nitrogens is 2. The number of esters is 2. The molecule has 0 aliphatic heterocycles. The minimum absolute atomic E-state index is 0.308. The number of hydrogen-bond acceptors (Lipinski definition) is 7. The Labute approximate surface area is 147 Å². The van der Waals surface area contributed by atoms with Crippen molar-refractivity contribution in [2.24, 2.45) is 5.10 Å². The summed E-state index contributed by atoms with van der Waals surface area (Å²) >= 11 is 1.51. The van der Waals surface area contributed by atoms with Crippen molar-refractivity contribution in [3.8, 4) is 0 Å². The van der Waals surface area contributed by atoms with Crippen molar-refractivity contribution >= 4 is 40.4 Å². The van der Waals surface area contributed by atoms with E-state index in [2.05, 4.69) is 10.2 Å². The van der Waals surface area contributed by atoms with Crippen LogP contribution in [-0.2, 0) is 19.1 Å². The number of methoxy groups -OCH3 is 2. The molecule has 3 aromatic rings. The molecule has 2 heterocycles. The lowest BCUT2D eigenvalue weighted by Crippen LogP contribution is -2.26. The summed E-state index contributed by atoms with van der Waals surface area (Å²) in [5, 5.41) is 11.2. The predicted molar refractivity (Wildman–Crippen MR) is 93.8 cm³/mol. The predicted octanol–water partition coefficient (Wildman–Crippen LogP) is 2.41. The minimum Gasteiger partial charge on any atom is -0.468 e. The van der Waals surface area contributed by atoms with Crippen LogP contribution in [0.4, 0.5) is 0 Å². The number of carbonyl (C=O) groups is 2. The van der Waals surface area contributed by atoms with Gasteiger partial charge in [0.25, 0.3) is 0 Å². The molecule has 0 amide bonds. The Morgan fingerprint density at radius 1 is 1.16 bits per heavy atom. The number of ether oxygens (including phenoxy) is 2. The summed E-state index contributed by atoms with van der Waals surface area (Å²) in [6.07, 6.45) is 1.62. The van der Waals surface area contributed by atoms with Gasteiger partial charge in [-0.3, -0.25) is 9.59 Å². The second-order valence-electron chi connectivity index (χ2n) is 5.03. The molecule has 0 fully saturated rings. The Balaban J connectivity index is 2.18. The molecule has 0 aliphatic rings. The van der Waals surface area contributed by atoms with E-state index in [1.807, 2.05) is 23.6 Å². The fourth-order valence-electron chi connectivity index (χ4n) is 2.43.